The van der Waals surface area contributed by atoms with Crippen molar-refractivity contribution in [1.82, 2.24) is 4.72 Å². The second-order valence-corrected chi connectivity index (χ2v) is 7.13. The molecule has 3 N–H and O–H groups in total. The molecule has 1 atom stereocenters. The number of benzene rings is 1. The second-order valence-electron chi connectivity index (χ2n) is 4.08. The Bertz CT molecular complexity index is 475. The Morgan fingerprint density at radius 3 is 2.78 bits per heavy atom. The van der Waals surface area contributed by atoms with E-state index in [0.717, 1.165) is 12.0 Å². The number of hydrogen-bond acceptors (Lipinski definition) is 4. The second kappa shape index (κ2) is 7.13. The highest BCUT2D eigenvalue weighted by atomic mass is 32.2. The first-order valence-electron chi connectivity index (χ1n) is 5.81. The molecule has 18 heavy (non-hydrogen) atoms. The molecule has 0 saturated carbocycles. The highest BCUT2D eigenvalue weighted by Gasteiger charge is 2.13. The van der Waals surface area contributed by atoms with Crippen molar-refractivity contribution >= 4 is 21.8 Å². The highest BCUT2D eigenvalue weighted by Crippen LogP contribution is 2.12. The average Bonchev–Trinajstić information content (AvgIpc) is 2.38. The van der Waals surface area contributed by atoms with Gasteiger partial charge in [-0.05, 0) is 30.4 Å². The van der Waals surface area contributed by atoms with Crippen LogP contribution < -0.4 is 10.5 Å². The van der Waals surface area contributed by atoms with Crippen molar-refractivity contribution in [3.8, 4) is 0 Å². The number of thioether (sulfide) groups is 1. The fourth-order valence-corrected chi connectivity index (χ4v) is 2.91. The van der Waals surface area contributed by atoms with Gasteiger partial charge in [0, 0.05) is 18.3 Å². The first-order valence-corrected chi connectivity index (χ1v) is 8.58. The van der Waals surface area contributed by atoms with Crippen molar-refractivity contribution in [2.75, 3.05) is 12.8 Å². The molecule has 0 aromatic heterocycles. The molecular weight excluding hydrogens is 268 g/mol. The van der Waals surface area contributed by atoms with E-state index >= 15 is 0 Å². The Morgan fingerprint density at radius 2 is 2.17 bits per heavy atom. The maximum Gasteiger partial charge on any atom is 0.240 e. The molecule has 6 heteroatoms. The van der Waals surface area contributed by atoms with Gasteiger partial charge in [-0.15, -0.1) is 0 Å². The van der Waals surface area contributed by atoms with Crippen LogP contribution in [0.15, 0.2) is 29.2 Å². The van der Waals surface area contributed by atoms with E-state index in [2.05, 4.69) is 11.6 Å². The zero-order chi connectivity index (χ0) is 13.6. The van der Waals surface area contributed by atoms with Crippen LogP contribution in [0.4, 0.5) is 0 Å². The van der Waals surface area contributed by atoms with Gasteiger partial charge in [-0.25, -0.2) is 13.1 Å². The Balaban J connectivity index is 2.68. The summed E-state index contributed by atoms with van der Waals surface area (Å²) in [4.78, 5) is 0.280. The number of nitrogens with one attached hydrogen (secondary N) is 1. The summed E-state index contributed by atoms with van der Waals surface area (Å²) in [6, 6.07) is 6.72. The van der Waals surface area contributed by atoms with Crippen LogP contribution in [0.25, 0.3) is 0 Å². The van der Waals surface area contributed by atoms with Crippen LogP contribution in [0.1, 0.15) is 18.9 Å². The molecule has 0 fully saturated rings. The molecule has 1 aromatic rings. The first kappa shape index (κ1) is 15.5. The smallest absolute Gasteiger partial charge is 0.240 e. The summed E-state index contributed by atoms with van der Waals surface area (Å²) in [5, 5.41) is 0.447. The molecule has 4 nitrogen and oxygen atoms in total. The molecule has 102 valence electrons. The van der Waals surface area contributed by atoms with Gasteiger partial charge < -0.3 is 5.73 Å². The number of nitrogens with two attached hydrogens (primary N) is 1. The molecule has 0 aliphatic heterocycles. The molecular formula is C12H20N2O2S2. The molecule has 0 amide bonds. The van der Waals surface area contributed by atoms with Gasteiger partial charge in [-0.1, -0.05) is 19.1 Å². The van der Waals surface area contributed by atoms with Gasteiger partial charge in [0.25, 0.3) is 0 Å². The highest BCUT2D eigenvalue weighted by molar-refractivity contribution is 7.99. The predicted molar refractivity (Wildman–Crippen MR) is 77.1 cm³/mol. The standard InChI is InChI=1S/C12H20N2O2S2/c1-10(17-2)6-7-14-18(15,16)12-5-3-4-11(8-12)9-13/h3-5,8,10,14H,6-7,9,13H2,1-2H3. The van der Waals surface area contributed by atoms with E-state index in [-0.39, 0.29) is 4.90 Å². The average molecular weight is 288 g/mol. The van der Waals surface area contributed by atoms with E-state index in [9.17, 15) is 8.42 Å². The van der Waals surface area contributed by atoms with Crippen molar-refractivity contribution < 1.29 is 8.42 Å². The van der Waals surface area contributed by atoms with Gasteiger partial charge in [0.2, 0.25) is 10.0 Å². The summed E-state index contributed by atoms with van der Waals surface area (Å²) in [6.45, 7) is 2.87. The van der Waals surface area contributed by atoms with Gasteiger partial charge in [0.1, 0.15) is 0 Å². The summed E-state index contributed by atoms with van der Waals surface area (Å²) < 4.78 is 26.6. The SMILES string of the molecule is CSC(C)CCNS(=O)(=O)c1cccc(CN)c1. The molecule has 0 radical (unpaired) electrons. The van der Waals surface area contributed by atoms with Crippen molar-refractivity contribution in [2.24, 2.45) is 5.73 Å². The molecule has 0 aliphatic rings. The summed E-state index contributed by atoms with van der Waals surface area (Å²) in [5.74, 6) is 0. The lowest BCUT2D eigenvalue weighted by Crippen LogP contribution is -2.26. The lowest BCUT2D eigenvalue weighted by molar-refractivity contribution is 0.579. The van der Waals surface area contributed by atoms with Crippen molar-refractivity contribution in [3.63, 3.8) is 0 Å². The number of hydrogen-bond donors (Lipinski definition) is 2. The van der Waals surface area contributed by atoms with Crippen LogP contribution >= 0.6 is 11.8 Å². The van der Waals surface area contributed by atoms with Crippen LogP contribution in [-0.4, -0.2) is 26.5 Å². The van der Waals surface area contributed by atoms with Crippen LogP contribution in [0, 0.1) is 0 Å². The zero-order valence-corrected chi connectivity index (χ0v) is 12.4. The Labute approximate surface area is 113 Å². The minimum Gasteiger partial charge on any atom is -0.326 e. The summed E-state index contributed by atoms with van der Waals surface area (Å²) in [5.41, 5.74) is 6.32. The van der Waals surface area contributed by atoms with Gasteiger partial charge in [-0.2, -0.15) is 11.8 Å². The van der Waals surface area contributed by atoms with E-state index in [4.69, 9.17) is 5.73 Å². The molecule has 0 aliphatic carbocycles. The lowest BCUT2D eigenvalue weighted by atomic mass is 10.2. The monoisotopic (exact) mass is 288 g/mol. The maximum absolute atomic E-state index is 12.0. The quantitative estimate of drug-likeness (QED) is 0.799. The van der Waals surface area contributed by atoms with Gasteiger partial charge in [0.05, 0.1) is 4.90 Å². The van der Waals surface area contributed by atoms with Crippen LogP contribution in [-0.2, 0) is 16.6 Å². The predicted octanol–water partition coefficient (Wildman–Crippen LogP) is 1.57. The summed E-state index contributed by atoms with van der Waals surface area (Å²) in [6.07, 6.45) is 2.83. The van der Waals surface area contributed by atoms with E-state index in [1.165, 1.54) is 0 Å². The Morgan fingerprint density at radius 1 is 1.44 bits per heavy atom. The van der Waals surface area contributed by atoms with Crippen molar-refractivity contribution in [1.29, 1.82) is 0 Å². The molecule has 0 spiro atoms. The van der Waals surface area contributed by atoms with E-state index in [1.807, 2.05) is 12.3 Å². The molecule has 0 bridgehead atoms. The topological polar surface area (TPSA) is 72.2 Å². The first-order chi connectivity index (χ1) is 8.49. The Hall–Kier alpha value is -0.560. The lowest BCUT2D eigenvalue weighted by Gasteiger charge is -2.10. The molecule has 1 unspecified atom stereocenters. The van der Waals surface area contributed by atoms with Crippen molar-refractivity contribution in [2.45, 2.75) is 30.0 Å². The molecule has 1 rings (SSSR count). The molecule has 0 saturated heterocycles. The third kappa shape index (κ3) is 4.61. The molecule has 1 aromatic carbocycles. The maximum atomic E-state index is 12.0. The summed E-state index contributed by atoms with van der Waals surface area (Å²) >= 11 is 1.73. The fraction of sp³-hybridized carbons (Fsp3) is 0.500. The van der Waals surface area contributed by atoms with Crippen LogP contribution in [0.3, 0.4) is 0 Å². The number of rotatable bonds is 7. The van der Waals surface area contributed by atoms with Gasteiger partial charge in [-0.3, -0.25) is 0 Å². The van der Waals surface area contributed by atoms with E-state index < -0.39 is 10.0 Å². The normalized spacial score (nSPS) is 13.5. The third-order valence-corrected chi connectivity index (χ3v) is 5.19. The van der Waals surface area contributed by atoms with Crippen LogP contribution in [0.5, 0.6) is 0 Å². The Kier molecular flexibility index (Phi) is 6.14. The van der Waals surface area contributed by atoms with E-state index in [0.29, 0.717) is 18.3 Å². The molecule has 0 heterocycles. The van der Waals surface area contributed by atoms with Crippen LogP contribution in [0.2, 0.25) is 0 Å². The van der Waals surface area contributed by atoms with Crippen molar-refractivity contribution in [3.05, 3.63) is 29.8 Å². The third-order valence-electron chi connectivity index (χ3n) is 2.69. The minimum absolute atomic E-state index is 0.280. The van der Waals surface area contributed by atoms with Gasteiger partial charge in [0.15, 0.2) is 0 Å². The van der Waals surface area contributed by atoms with Gasteiger partial charge >= 0.3 is 0 Å². The fourth-order valence-electron chi connectivity index (χ4n) is 1.44. The summed E-state index contributed by atoms with van der Waals surface area (Å²) in [7, 11) is -3.41. The number of sulfonamides is 1. The van der Waals surface area contributed by atoms with E-state index in [1.54, 1.807) is 30.0 Å². The zero-order valence-electron chi connectivity index (χ0n) is 10.7. The largest absolute Gasteiger partial charge is 0.326 e. The minimum atomic E-state index is -3.41.